The zero-order valence-electron chi connectivity index (χ0n) is 24.1. The van der Waals surface area contributed by atoms with Crippen LogP contribution in [0.3, 0.4) is 0 Å². The Bertz CT molecular complexity index is 1330. The number of carbonyl (C=O) groups excluding carboxylic acids is 3. The number of nitrogens with zero attached hydrogens (tertiary/aromatic N) is 3. The van der Waals surface area contributed by atoms with Gasteiger partial charge < -0.3 is 20.6 Å². The molecule has 1 aliphatic heterocycles. The summed E-state index contributed by atoms with van der Waals surface area (Å²) in [6, 6.07) is 4.41. The lowest BCUT2D eigenvalue weighted by molar-refractivity contribution is -0.144. The second-order valence-corrected chi connectivity index (χ2v) is 13.2. The van der Waals surface area contributed by atoms with Crippen molar-refractivity contribution in [3.05, 3.63) is 51.9 Å². The number of thiazole rings is 1. The molecular formula is C30H39N5O4S. The fraction of sp³-hybridized carbons (Fsp3) is 0.567. The second-order valence-electron chi connectivity index (χ2n) is 12.4. The van der Waals surface area contributed by atoms with Gasteiger partial charge in [-0.1, -0.05) is 46.8 Å². The standard InChI is InChI=1S/C30H39N5O4S/c1-17(2)22-12-19(24-18(3)33-16-40-24)8-9-20(22)14-32-26(37)23-13-21(36)15-35(23)27(38)25(29(4,5)6)34-28(39)30(31-7)10-11-30/h8-9,12,16-17,21,23,25,36H,10-11,13-15H2,1-6H3,(H,32,37)(H,34,39)/t21-,23+,25-/m1/s1. The van der Waals surface area contributed by atoms with Gasteiger partial charge in [0, 0.05) is 32.4 Å². The Morgan fingerprint density at radius 1 is 1.27 bits per heavy atom. The average molecular weight is 566 g/mol. The van der Waals surface area contributed by atoms with E-state index in [1.165, 1.54) is 4.90 Å². The van der Waals surface area contributed by atoms with E-state index in [0.717, 1.165) is 27.3 Å². The fourth-order valence-corrected chi connectivity index (χ4v) is 6.01. The molecule has 1 aromatic heterocycles. The number of benzene rings is 1. The van der Waals surface area contributed by atoms with Crippen LogP contribution in [0, 0.1) is 18.9 Å². The molecule has 1 saturated heterocycles. The highest BCUT2D eigenvalue weighted by Crippen LogP contribution is 2.40. The summed E-state index contributed by atoms with van der Waals surface area (Å²) >= 11 is 1.60. The average Bonchev–Trinajstić information content (AvgIpc) is 3.44. The molecule has 1 aromatic carbocycles. The zero-order chi connectivity index (χ0) is 29.4. The van der Waals surface area contributed by atoms with Gasteiger partial charge in [-0.2, -0.15) is 0 Å². The van der Waals surface area contributed by atoms with E-state index in [2.05, 4.69) is 40.4 Å². The Balaban J connectivity index is 1.49. The number of hydrogen-bond acceptors (Lipinski definition) is 6. The molecule has 2 fully saturated rings. The highest BCUT2D eigenvalue weighted by Gasteiger charge is 2.59. The van der Waals surface area contributed by atoms with Crippen LogP contribution in [-0.4, -0.2) is 63.0 Å². The minimum atomic E-state index is -1.09. The molecule has 214 valence electrons. The van der Waals surface area contributed by atoms with Gasteiger partial charge in [-0.15, -0.1) is 11.3 Å². The number of aromatic nitrogens is 1. The number of hydrogen-bond donors (Lipinski definition) is 3. The summed E-state index contributed by atoms with van der Waals surface area (Å²) in [7, 11) is 0. The van der Waals surface area contributed by atoms with E-state index >= 15 is 0 Å². The van der Waals surface area contributed by atoms with Crippen molar-refractivity contribution in [2.24, 2.45) is 5.41 Å². The van der Waals surface area contributed by atoms with E-state index in [0.29, 0.717) is 12.8 Å². The first-order valence-electron chi connectivity index (χ1n) is 13.8. The lowest BCUT2D eigenvalue weighted by Gasteiger charge is -2.35. The van der Waals surface area contributed by atoms with Crippen LogP contribution in [0.25, 0.3) is 15.3 Å². The lowest BCUT2D eigenvalue weighted by atomic mass is 9.85. The first kappa shape index (κ1) is 29.7. The first-order valence-corrected chi connectivity index (χ1v) is 14.6. The van der Waals surface area contributed by atoms with Gasteiger partial charge in [0.25, 0.3) is 0 Å². The molecule has 0 unspecified atom stereocenters. The number of rotatable bonds is 8. The molecule has 0 bridgehead atoms. The minimum absolute atomic E-state index is 0.00741. The molecule has 3 N–H and O–H groups in total. The highest BCUT2D eigenvalue weighted by molar-refractivity contribution is 7.13. The summed E-state index contributed by atoms with van der Waals surface area (Å²) in [5.74, 6) is -0.992. The molecule has 3 atom stereocenters. The number of nitrogens with one attached hydrogen (secondary N) is 2. The van der Waals surface area contributed by atoms with Gasteiger partial charge in [-0.3, -0.25) is 19.2 Å². The van der Waals surface area contributed by atoms with Crippen molar-refractivity contribution in [1.29, 1.82) is 0 Å². The number of carbonyl (C=O) groups is 3. The number of aliphatic hydroxyl groups is 1. The summed E-state index contributed by atoms with van der Waals surface area (Å²) in [5.41, 5.74) is 4.26. The maximum Gasteiger partial charge on any atom is 0.309 e. The predicted molar refractivity (Wildman–Crippen MR) is 154 cm³/mol. The van der Waals surface area contributed by atoms with Crippen molar-refractivity contribution in [1.82, 2.24) is 20.5 Å². The number of β-amino-alcohol motifs (C(OH)–C–C–N with tert-alkyl or cyclic N) is 1. The molecule has 10 heteroatoms. The second kappa shape index (κ2) is 11.3. The third kappa shape index (κ3) is 6.06. The van der Waals surface area contributed by atoms with Crippen LogP contribution in [0.4, 0.5) is 0 Å². The van der Waals surface area contributed by atoms with Crippen LogP contribution in [0.1, 0.15) is 76.6 Å². The van der Waals surface area contributed by atoms with Crippen LogP contribution in [0.2, 0.25) is 0 Å². The van der Waals surface area contributed by atoms with Crippen molar-refractivity contribution in [2.45, 2.75) is 97.0 Å². The molecule has 0 radical (unpaired) electrons. The van der Waals surface area contributed by atoms with E-state index in [1.807, 2.05) is 45.3 Å². The molecule has 2 heterocycles. The molecule has 1 aliphatic carbocycles. The van der Waals surface area contributed by atoms with E-state index in [4.69, 9.17) is 6.57 Å². The first-order chi connectivity index (χ1) is 18.8. The third-order valence-electron chi connectivity index (χ3n) is 7.84. The van der Waals surface area contributed by atoms with Gasteiger partial charge in [0.15, 0.2) is 0 Å². The smallest absolute Gasteiger partial charge is 0.309 e. The van der Waals surface area contributed by atoms with Crippen molar-refractivity contribution in [3.8, 4) is 10.4 Å². The summed E-state index contributed by atoms with van der Waals surface area (Å²) in [6.07, 6.45) is 0.227. The quantitative estimate of drug-likeness (QED) is 0.421. The van der Waals surface area contributed by atoms with Gasteiger partial charge in [0.05, 0.1) is 22.2 Å². The van der Waals surface area contributed by atoms with E-state index in [9.17, 15) is 19.5 Å². The maximum absolute atomic E-state index is 13.8. The van der Waals surface area contributed by atoms with Gasteiger partial charge >= 0.3 is 11.4 Å². The van der Waals surface area contributed by atoms with Gasteiger partial charge in [0.1, 0.15) is 12.1 Å². The van der Waals surface area contributed by atoms with Crippen LogP contribution >= 0.6 is 11.3 Å². The molecule has 9 nitrogen and oxygen atoms in total. The normalized spacial score (nSPS) is 20.6. The molecule has 40 heavy (non-hydrogen) atoms. The van der Waals surface area contributed by atoms with E-state index < -0.39 is 41.0 Å². The topological polar surface area (TPSA) is 116 Å². The molecule has 1 saturated carbocycles. The highest BCUT2D eigenvalue weighted by atomic mass is 32.1. The largest absolute Gasteiger partial charge is 0.391 e. The number of aryl methyl sites for hydroxylation is 1. The van der Waals surface area contributed by atoms with Crippen molar-refractivity contribution >= 4 is 29.1 Å². The third-order valence-corrected chi connectivity index (χ3v) is 8.82. The fourth-order valence-electron chi connectivity index (χ4n) is 5.21. The SMILES string of the molecule is [C-]#[N+]C1(C(=O)N[C@H](C(=O)N2C[C@H](O)C[C@H]2C(=O)NCc2ccc(-c3scnc3C)cc2C(C)C)C(C)(C)C)CC1. The molecule has 4 rings (SSSR count). The van der Waals surface area contributed by atoms with Crippen molar-refractivity contribution < 1.29 is 19.5 Å². The minimum Gasteiger partial charge on any atom is -0.391 e. The van der Waals surface area contributed by atoms with Crippen LogP contribution < -0.4 is 10.6 Å². The van der Waals surface area contributed by atoms with E-state index in [-0.39, 0.29) is 31.3 Å². The zero-order valence-corrected chi connectivity index (χ0v) is 24.9. The predicted octanol–water partition coefficient (Wildman–Crippen LogP) is 3.80. The molecule has 2 aliphatic rings. The molecular weight excluding hydrogens is 526 g/mol. The Hall–Kier alpha value is -3.29. The molecule has 2 aromatic rings. The number of likely N-dealkylation sites (tertiary alicyclic amines) is 1. The maximum atomic E-state index is 13.8. The number of amides is 3. The monoisotopic (exact) mass is 565 g/mol. The summed E-state index contributed by atoms with van der Waals surface area (Å²) < 4.78 is 0. The van der Waals surface area contributed by atoms with Crippen LogP contribution in [0.15, 0.2) is 23.7 Å². The summed E-state index contributed by atoms with van der Waals surface area (Å²) in [6.45, 7) is 19.4. The summed E-state index contributed by atoms with van der Waals surface area (Å²) in [5, 5.41) is 16.2. The Morgan fingerprint density at radius 3 is 2.52 bits per heavy atom. The van der Waals surface area contributed by atoms with Crippen LogP contribution in [-0.2, 0) is 20.9 Å². The van der Waals surface area contributed by atoms with Crippen LogP contribution in [0.5, 0.6) is 0 Å². The molecule has 0 spiro atoms. The lowest BCUT2D eigenvalue weighted by Crippen LogP contribution is -2.59. The van der Waals surface area contributed by atoms with Gasteiger partial charge in [-0.05, 0) is 41.0 Å². The number of aliphatic hydroxyl groups excluding tert-OH is 1. The van der Waals surface area contributed by atoms with E-state index in [1.54, 1.807) is 11.3 Å². The van der Waals surface area contributed by atoms with Gasteiger partial charge in [0.2, 0.25) is 11.8 Å². The van der Waals surface area contributed by atoms with Gasteiger partial charge in [-0.25, -0.2) is 11.6 Å². The summed E-state index contributed by atoms with van der Waals surface area (Å²) in [4.78, 5) is 50.4. The Labute approximate surface area is 240 Å². The molecule has 3 amide bonds. The Morgan fingerprint density at radius 2 is 1.98 bits per heavy atom. The van der Waals surface area contributed by atoms with Crippen molar-refractivity contribution in [2.75, 3.05) is 6.54 Å². The van der Waals surface area contributed by atoms with Crippen molar-refractivity contribution in [3.63, 3.8) is 0 Å². The Kier molecular flexibility index (Phi) is 8.38.